The maximum absolute atomic E-state index is 6.41. The molecule has 0 radical (unpaired) electrons. The molecule has 2 aliphatic rings. The first-order chi connectivity index (χ1) is 9.72. The first-order valence-corrected chi connectivity index (χ1v) is 8.25. The Hall–Kier alpha value is -0.730. The molecule has 1 atom stereocenters. The molecule has 110 valence electrons. The average molecular weight is 294 g/mol. The van der Waals surface area contributed by atoms with Crippen LogP contribution < -0.4 is 10.1 Å². The van der Waals surface area contributed by atoms with Crippen LogP contribution >= 0.6 is 11.6 Å². The number of hydrogen-bond acceptors (Lipinski definition) is 2. The van der Waals surface area contributed by atoms with Crippen LogP contribution in [0.4, 0.5) is 0 Å². The second-order valence-corrected chi connectivity index (χ2v) is 6.75. The van der Waals surface area contributed by atoms with E-state index in [9.17, 15) is 0 Å². The zero-order valence-electron chi connectivity index (χ0n) is 12.3. The van der Waals surface area contributed by atoms with Gasteiger partial charge in [-0.2, -0.15) is 0 Å². The van der Waals surface area contributed by atoms with Gasteiger partial charge < -0.3 is 10.1 Å². The van der Waals surface area contributed by atoms with Crippen LogP contribution in [0.15, 0.2) is 12.1 Å². The van der Waals surface area contributed by atoms with Crippen LogP contribution in [0.25, 0.3) is 0 Å². The van der Waals surface area contributed by atoms with Crippen LogP contribution in [-0.2, 0) is 6.42 Å². The number of halogens is 1. The zero-order valence-corrected chi connectivity index (χ0v) is 13.0. The highest BCUT2D eigenvalue weighted by Gasteiger charge is 2.24. The summed E-state index contributed by atoms with van der Waals surface area (Å²) in [5.41, 5.74) is 2.50. The topological polar surface area (TPSA) is 21.3 Å². The van der Waals surface area contributed by atoms with Crippen molar-refractivity contribution in [2.24, 2.45) is 5.92 Å². The zero-order chi connectivity index (χ0) is 13.9. The molecular weight excluding hydrogens is 270 g/mol. The summed E-state index contributed by atoms with van der Waals surface area (Å²) < 4.78 is 6.03. The molecule has 1 aliphatic heterocycles. The molecule has 0 aromatic heterocycles. The molecule has 0 spiro atoms. The molecule has 2 fully saturated rings. The van der Waals surface area contributed by atoms with Gasteiger partial charge in [-0.05, 0) is 68.7 Å². The first kappa shape index (κ1) is 14.2. The molecule has 1 saturated carbocycles. The van der Waals surface area contributed by atoms with Crippen molar-refractivity contribution in [2.45, 2.75) is 51.5 Å². The van der Waals surface area contributed by atoms with Crippen molar-refractivity contribution >= 4 is 11.6 Å². The number of piperidine rings is 1. The van der Waals surface area contributed by atoms with E-state index in [4.69, 9.17) is 16.3 Å². The molecule has 1 unspecified atom stereocenters. The second-order valence-electron chi connectivity index (χ2n) is 6.34. The SMILES string of the molecule is Cc1cc(Cl)c(OCC2CC2)c(CC2CCCCN2)c1. The largest absolute Gasteiger partial charge is 0.491 e. The Bertz CT molecular complexity index is 464. The van der Waals surface area contributed by atoms with Gasteiger partial charge in [0.15, 0.2) is 0 Å². The van der Waals surface area contributed by atoms with Gasteiger partial charge in [0.2, 0.25) is 0 Å². The Morgan fingerprint density at radius 2 is 2.10 bits per heavy atom. The quantitative estimate of drug-likeness (QED) is 0.882. The highest BCUT2D eigenvalue weighted by Crippen LogP contribution is 2.35. The fraction of sp³-hybridized carbons (Fsp3) is 0.647. The van der Waals surface area contributed by atoms with Gasteiger partial charge in [0.1, 0.15) is 5.75 Å². The van der Waals surface area contributed by atoms with Gasteiger partial charge in [0.25, 0.3) is 0 Å². The monoisotopic (exact) mass is 293 g/mol. The Morgan fingerprint density at radius 1 is 1.25 bits per heavy atom. The standard InChI is InChI=1S/C17H24ClNO/c1-12-8-14(10-15-4-2-3-7-19-15)17(16(18)9-12)20-11-13-5-6-13/h8-9,13,15,19H,2-7,10-11H2,1H3. The van der Waals surface area contributed by atoms with Crippen LogP contribution in [0.5, 0.6) is 5.75 Å². The van der Waals surface area contributed by atoms with Crippen LogP contribution in [0.2, 0.25) is 5.02 Å². The van der Waals surface area contributed by atoms with Gasteiger partial charge in [-0.25, -0.2) is 0 Å². The molecular formula is C17H24ClNO. The Balaban J connectivity index is 1.74. The van der Waals surface area contributed by atoms with E-state index < -0.39 is 0 Å². The van der Waals surface area contributed by atoms with Gasteiger partial charge in [-0.1, -0.05) is 24.1 Å². The number of benzene rings is 1. The predicted molar refractivity (Wildman–Crippen MR) is 83.8 cm³/mol. The van der Waals surface area contributed by atoms with Gasteiger partial charge >= 0.3 is 0 Å². The lowest BCUT2D eigenvalue weighted by Gasteiger charge is -2.25. The first-order valence-electron chi connectivity index (χ1n) is 7.87. The van der Waals surface area contributed by atoms with E-state index in [0.717, 1.165) is 36.3 Å². The third-order valence-corrected chi connectivity index (χ3v) is 4.58. The van der Waals surface area contributed by atoms with Gasteiger partial charge in [0, 0.05) is 6.04 Å². The van der Waals surface area contributed by atoms with E-state index >= 15 is 0 Å². The van der Waals surface area contributed by atoms with Crippen molar-refractivity contribution < 1.29 is 4.74 Å². The smallest absolute Gasteiger partial charge is 0.141 e. The van der Waals surface area contributed by atoms with E-state index in [2.05, 4.69) is 18.3 Å². The summed E-state index contributed by atoms with van der Waals surface area (Å²) in [6, 6.07) is 4.83. The number of hydrogen-bond donors (Lipinski definition) is 1. The van der Waals surface area contributed by atoms with Crippen molar-refractivity contribution in [2.75, 3.05) is 13.2 Å². The molecule has 1 heterocycles. The summed E-state index contributed by atoms with van der Waals surface area (Å²) in [5.74, 6) is 1.68. The molecule has 20 heavy (non-hydrogen) atoms. The number of nitrogens with one attached hydrogen (secondary N) is 1. The maximum atomic E-state index is 6.41. The van der Waals surface area contributed by atoms with Crippen molar-refractivity contribution in [3.05, 3.63) is 28.3 Å². The molecule has 3 rings (SSSR count). The minimum Gasteiger partial charge on any atom is -0.491 e. The lowest BCUT2D eigenvalue weighted by atomic mass is 9.96. The van der Waals surface area contributed by atoms with E-state index in [1.807, 2.05) is 6.07 Å². The maximum Gasteiger partial charge on any atom is 0.141 e. The Morgan fingerprint density at radius 3 is 2.80 bits per heavy atom. The third kappa shape index (κ3) is 3.67. The van der Waals surface area contributed by atoms with Gasteiger partial charge in [-0.15, -0.1) is 0 Å². The van der Waals surface area contributed by atoms with Crippen LogP contribution in [0.1, 0.15) is 43.2 Å². The van der Waals surface area contributed by atoms with Crippen LogP contribution in [-0.4, -0.2) is 19.2 Å². The van der Waals surface area contributed by atoms with Crippen molar-refractivity contribution in [1.29, 1.82) is 0 Å². The van der Waals surface area contributed by atoms with Crippen LogP contribution in [0, 0.1) is 12.8 Å². The van der Waals surface area contributed by atoms with E-state index in [1.165, 1.54) is 43.2 Å². The average Bonchev–Trinajstić information content (AvgIpc) is 3.23. The van der Waals surface area contributed by atoms with E-state index in [0.29, 0.717) is 6.04 Å². The summed E-state index contributed by atoms with van der Waals surface area (Å²) in [6.45, 7) is 4.07. The third-order valence-electron chi connectivity index (χ3n) is 4.30. The molecule has 2 nitrogen and oxygen atoms in total. The molecule has 1 aliphatic carbocycles. The Labute approximate surface area is 126 Å². The van der Waals surface area contributed by atoms with Crippen molar-refractivity contribution in [3.8, 4) is 5.75 Å². The summed E-state index contributed by atoms with van der Waals surface area (Å²) in [6.07, 6.45) is 7.53. The minimum atomic E-state index is 0.574. The molecule has 1 aromatic carbocycles. The molecule has 3 heteroatoms. The number of ether oxygens (including phenoxy) is 1. The molecule has 0 bridgehead atoms. The van der Waals surface area contributed by atoms with Crippen molar-refractivity contribution in [3.63, 3.8) is 0 Å². The van der Waals surface area contributed by atoms with Crippen LogP contribution in [0.3, 0.4) is 0 Å². The summed E-state index contributed by atoms with van der Waals surface area (Å²) in [5, 5.41) is 4.39. The molecule has 1 saturated heterocycles. The van der Waals surface area contributed by atoms with Gasteiger partial charge in [0.05, 0.1) is 11.6 Å². The van der Waals surface area contributed by atoms with Gasteiger partial charge in [-0.3, -0.25) is 0 Å². The minimum absolute atomic E-state index is 0.574. The van der Waals surface area contributed by atoms with E-state index in [-0.39, 0.29) is 0 Å². The molecule has 0 amide bonds. The Kier molecular flexibility index (Phi) is 4.52. The highest BCUT2D eigenvalue weighted by atomic mass is 35.5. The van der Waals surface area contributed by atoms with Crippen molar-refractivity contribution in [1.82, 2.24) is 5.32 Å². The number of rotatable bonds is 5. The lowest BCUT2D eigenvalue weighted by molar-refractivity contribution is 0.294. The summed E-state index contributed by atoms with van der Waals surface area (Å²) in [7, 11) is 0. The second kappa shape index (κ2) is 6.36. The normalized spacial score (nSPS) is 22.8. The fourth-order valence-electron chi connectivity index (χ4n) is 2.96. The molecule has 1 aromatic rings. The lowest BCUT2D eigenvalue weighted by Crippen LogP contribution is -2.35. The predicted octanol–water partition coefficient (Wildman–Crippen LogP) is 4.12. The molecule has 1 N–H and O–H groups in total. The summed E-state index contributed by atoms with van der Waals surface area (Å²) >= 11 is 6.41. The number of aryl methyl sites for hydroxylation is 1. The highest BCUT2D eigenvalue weighted by molar-refractivity contribution is 6.32. The summed E-state index contributed by atoms with van der Waals surface area (Å²) in [4.78, 5) is 0. The van der Waals surface area contributed by atoms with E-state index in [1.54, 1.807) is 0 Å². The fourth-order valence-corrected chi connectivity index (χ4v) is 3.31.